The van der Waals surface area contributed by atoms with E-state index in [2.05, 4.69) is 35.6 Å². The van der Waals surface area contributed by atoms with Crippen LogP contribution in [0, 0.1) is 13.8 Å². The van der Waals surface area contributed by atoms with Gasteiger partial charge in [0.15, 0.2) is 0 Å². The number of H-pyrrole nitrogens is 2. The molecule has 0 radical (unpaired) electrons. The predicted molar refractivity (Wildman–Crippen MR) is 92.2 cm³/mol. The number of piperidine rings is 1. The van der Waals surface area contributed by atoms with Crippen LogP contribution >= 0.6 is 0 Å². The number of amides is 1. The molecule has 8 heteroatoms. The van der Waals surface area contributed by atoms with Crippen LogP contribution in [-0.2, 0) is 4.79 Å². The number of nitrogens with zero attached hydrogens (tertiary/aromatic N) is 4. The maximum atomic E-state index is 12.3. The van der Waals surface area contributed by atoms with Crippen molar-refractivity contribution < 1.29 is 4.79 Å². The van der Waals surface area contributed by atoms with E-state index in [0.717, 1.165) is 42.9 Å². The minimum absolute atomic E-state index is 0.0798. The maximum absolute atomic E-state index is 12.3. The van der Waals surface area contributed by atoms with Crippen molar-refractivity contribution in [2.45, 2.75) is 52.4 Å². The molecule has 24 heavy (non-hydrogen) atoms. The molecule has 0 aliphatic carbocycles. The SMILES string of the molecule is Cc1n[nH]c(C)c1[C@H](C)CC(=O)Nc1nc(N2CCCCC2)n[nH]1. The third kappa shape index (κ3) is 3.58. The molecular formula is C16H25N7O. The van der Waals surface area contributed by atoms with E-state index in [-0.39, 0.29) is 11.8 Å². The zero-order valence-electron chi connectivity index (χ0n) is 14.5. The standard InChI is InChI=1S/C16H25N7O/c1-10(14-11(2)19-20-12(14)3)9-13(24)17-15-18-16(22-21-15)23-7-5-4-6-8-23/h10H,4-9H2,1-3H3,(H,19,20)(H2,17,18,21,22,24)/t10-/m1/s1. The second-order valence-corrected chi connectivity index (χ2v) is 6.53. The predicted octanol–water partition coefficient (Wildman–Crippen LogP) is 2.27. The molecule has 2 aromatic rings. The largest absolute Gasteiger partial charge is 0.340 e. The van der Waals surface area contributed by atoms with E-state index in [4.69, 9.17) is 0 Å². The van der Waals surface area contributed by atoms with Gasteiger partial charge in [0.1, 0.15) is 0 Å². The Labute approximate surface area is 141 Å². The van der Waals surface area contributed by atoms with E-state index >= 15 is 0 Å². The van der Waals surface area contributed by atoms with Gasteiger partial charge < -0.3 is 4.90 Å². The van der Waals surface area contributed by atoms with Gasteiger partial charge in [-0.15, -0.1) is 5.10 Å². The number of hydrogen-bond acceptors (Lipinski definition) is 5. The fraction of sp³-hybridized carbons (Fsp3) is 0.625. The first-order chi connectivity index (χ1) is 11.5. The van der Waals surface area contributed by atoms with Gasteiger partial charge in [-0.1, -0.05) is 6.92 Å². The molecule has 1 aliphatic rings. The number of anilines is 2. The first-order valence-electron chi connectivity index (χ1n) is 8.53. The van der Waals surface area contributed by atoms with Gasteiger partial charge in [-0.05, 0) is 44.6 Å². The highest BCUT2D eigenvalue weighted by molar-refractivity contribution is 5.89. The van der Waals surface area contributed by atoms with Crippen molar-refractivity contribution in [1.82, 2.24) is 25.4 Å². The molecule has 3 N–H and O–H groups in total. The van der Waals surface area contributed by atoms with Gasteiger partial charge in [0.2, 0.25) is 17.8 Å². The summed E-state index contributed by atoms with van der Waals surface area (Å²) >= 11 is 0. The van der Waals surface area contributed by atoms with Crippen LogP contribution in [0.4, 0.5) is 11.9 Å². The van der Waals surface area contributed by atoms with Gasteiger partial charge in [-0.2, -0.15) is 10.1 Å². The number of aromatic nitrogens is 5. The van der Waals surface area contributed by atoms with Crippen LogP contribution in [0.3, 0.4) is 0 Å². The van der Waals surface area contributed by atoms with Crippen molar-refractivity contribution in [3.05, 3.63) is 17.0 Å². The molecular weight excluding hydrogens is 306 g/mol. The van der Waals surface area contributed by atoms with Crippen LogP contribution in [-0.4, -0.2) is 44.4 Å². The second-order valence-electron chi connectivity index (χ2n) is 6.53. The maximum Gasteiger partial charge on any atom is 0.246 e. The molecule has 1 atom stereocenters. The fourth-order valence-electron chi connectivity index (χ4n) is 3.39. The Bertz CT molecular complexity index is 680. The summed E-state index contributed by atoms with van der Waals surface area (Å²) in [6.45, 7) is 7.91. The summed E-state index contributed by atoms with van der Waals surface area (Å²) in [5, 5.41) is 17.0. The molecule has 0 unspecified atom stereocenters. The van der Waals surface area contributed by atoms with Crippen molar-refractivity contribution in [2.75, 3.05) is 23.3 Å². The summed E-state index contributed by atoms with van der Waals surface area (Å²) in [5.41, 5.74) is 3.07. The summed E-state index contributed by atoms with van der Waals surface area (Å²) in [7, 11) is 0. The third-order valence-electron chi connectivity index (χ3n) is 4.54. The molecule has 1 amide bonds. The summed E-state index contributed by atoms with van der Waals surface area (Å²) in [4.78, 5) is 18.8. The minimum atomic E-state index is -0.0798. The lowest BCUT2D eigenvalue weighted by Crippen LogP contribution is -2.30. The molecule has 0 aromatic carbocycles. The lowest BCUT2D eigenvalue weighted by molar-refractivity contribution is -0.116. The zero-order chi connectivity index (χ0) is 17.1. The zero-order valence-corrected chi connectivity index (χ0v) is 14.5. The van der Waals surface area contributed by atoms with Crippen molar-refractivity contribution in [3.8, 4) is 0 Å². The molecule has 130 valence electrons. The molecule has 3 rings (SSSR count). The Hall–Kier alpha value is -2.38. The number of carbonyl (C=O) groups is 1. The van der Waals surface area contributed by atoms with E-state index in [1.807, 2.05) is 20.8 Å². The average Bonchev–Trinajstić information content (AvgIpc) is 3.15. The summed E-state index contributed by atoms with van der Waals surface area (Å²) in [6, 6.07) is 0. The van der Waals surface area contributed by atoms with Gasteiger partial charge in [-0.25, -0.2) is 5.10 Å². The van der Waals surface area contributed by atoms with E-state index < -0.39 is 0 Å². The monoisotopic (exact) mass is 331 g/mol. The molecule has 0 saturated carbocycles. The molecule has 8 nitrogen and oxygen atoms in total. The summed E-state index contributed by atoms with van der Waals surface area (Å²) in [5.74, 6) is 1.09. The Morgan fingerprint density at radius 2 is 1.96 bits per heavy atom. The van der Waals surface area contributed by atoms with Crippen molar-refractivity contribution >= 4 is 17.8 Å². The van der Waals surface area contributed by atoms with Crippen molar-refractivity contribution in [3.63, 3.8) is 0 Å². The molecule has 1 fully saturated rings. The molecule has 1 saturated heterocycles. The Morgan fingerprint density at radius 3 is 2.62 bits per heavy atom. The number of aromatic amines is 2. The van der Waals surface area contributed by atoms with Crippen LogP contribution in [0.1, 0.15) is 55.5 Å². The van der Waals surface area contributed by atoms with E-state index in [1.165, 1.54) is 6.42 Å². The van der Waals surface area contributed by atoms with Gasteiger partial charge in [-0.3, -0.25) is 15.2 Å². The molecule has 1 aliphatic heterocycles. The molecule has 3 heterocycles. The quantitative estimate of drug-likeness (QED) is 0.780. The van der Waals surface area contributed by atoms with Gasteiger partial charge in [0.25, 0.3) is 0 Å². The highest BCUT2D eigenvalue weighted by Crippen LogP contribution is 2.24. The first kappa shape index (κ1) is 16.5. The van der Waals surface area contributed by atoms with Crippen molar-refractivity contribution in [1.29, 1.82) is 0 Å². The van der Waals surface area contributed by atoms with E-state index in [1.54, 1.807) is 0 Å². The van der Waals surface area contributed by atoms with Crippen LogP contribution in [0.15, 0.2) is 0 Å². The summed E-state index contributed by atoms with van der Waals surface area (Å²) < 4.78 is 0. The minimum Gasteiger partial charge on any atom is -0.340 e. The number of hydrogen-bond donors (Lipinski definition) is 3. The normalized spacial score (nSPS) is 16.2. The third-order valence-corrected chi connectivity index (χ3v) is 4.54. The number of nitrogens with one attached hydrogen (secondary N) is 3. The highest BCUT2D eigenvalue weighted by atomic mass is 16.1. The number of carbonyl (C=O) groups excluding carboxylic acids is 1. The van der Waals surface area contributed by atoms with Gasteiger partial charge >= 0.3 is 0 Å². The highest BCUT2D eigenvalue weighted by Gasteiger charge is 2.19. The van der Waals surface area contributed by atoms with E-state index in [0.29, 0.717) is 18.3 Å². The first-order valence-corrected chi connectivity index (χ1v) is 8.53. The smallest absolute Gasteiger partial charge is 0.246 e. The Morgan fingerprint density at radius 1 is 1.21 bits per heavy atom. The number of rotatable bonds is 5. The second kappa shape index (κ2) is 7.02. The molecule has 2 aromatic heterocycles. The van der Waals surface area contributed by atoms with Crippen LogP contribution in [0.5, 0.6) is 0 Å². The van der Waals surface area contributed by atoms with Gasteiger partial charge in [0, 0.05) is 25.2 Å². The lowest BCUT2D eigenvalue weighted by Gasteiger charge is -2.24. The van der Waals surface area contributed by atoms with Crippen LogP contribution in [0.25, 0.3) is 0 Å². The Kier molecular flexibility index (Phi) is 4.82. The fourth-order valence-corrected chi connectivity index (χ4v) is 3.39. The number of aryl methyl sites for hydroxylation is 2. The Balaban J connectivity index is 1.58. The van der Waals surface area contributed by atoms with E-state index in [9.17, 15) is 4.79 Å². The van der Waals surface area contributed by atoms with Crippen LogP contribution < -0.4 is 10.2 Å². The average molecular weight is 331 g/mol. The summed E-state index contributed by atoms with van der Waals surface area (Å²) in [6.07, 6.45) is 3.96. The van der Waals surface area contributed by atoms with Gasteiger partial charge in [0.05, 0.1) is 5.69 Å². The van der Waals surface area contributed by atoms with Crippen LogP contribution in [0.2, 0.25) is 0 Å². The topological polar surface area (TPSA) is 103 Å². The lowest BCUT2D eigenvalue weighted by atomic mass is 9.96. The molecule has 0 bridgehead atoms. The van der Waals surface area contributed by atoms with Crippen molar-refractivity contribution in [2.24, 2.45) is 0 Å². The molecule has 0 spiro atoms.